The Morgan fingerprint density at radius 3 is 2.73 bits per heavy atom. The number of rotatable bonds is 5. The predicted molar refractivity (Wildman–Crippen MR) is 58.4 cm³/mol. The molecule has 0 amide bonds. The van der Waals surface area contributed by atoms with Crippen molar-refractivity contribution < 1.29 is 13.2 Å². The van der Waals surface area contributed by atoms with E-state index in [0.717, 1.165) is 0 Å². The second kappa shape index (κ2) is 4.95. The first-order valence-electron chi connectivity index (χ1n) is 4.35. The molecule has 0 heterocycles. The average molecular weight is 227 g/mol. The molecule has 82 valence electrons. The largest absolute Gasteiger partial charge is 0.495 e. The average Bonchev–Trinajstić information content (AvgIpc) is 2.26. The molecule has 0 bridgehead atoms. The van der Waals surface area contributed by atoms with Gasteiger partial charge in [-0.1, -0.05) is 18.2 Å². The van der Waals surface area contributed by atoms with Crippen LogP contribution in [0.2, 0.25) is 0 Å². The lowest BCUT2D eigenvalue weighted by atomic mass is 10.3. The summed E-state index contributed by atoms with van der Waals surface area (Å²) < 4.78 is 30.8. The van der Waals surface area contributed by atoms with Crippen molar-refractivity contribution in [2.45, 2.75) is 4.90 Å². The predicted octanol–water partition coefficient (Wildman–Crippen LogP) is 1.16. The van der Waals surface area contributed by atoms with Gasteiger partial charge in [0.25, 0.3) is 0 Å². The third-order valence-corrected chi connectivity index (χ3v) is 3.24. The summed E-state index contributed by atoms with van der Waals surface area (Å²) in [6.45, 7) is 3.64. The molecule has 0 radical (unpaired) electrons. The van der Waals surface area contributed by atoms with Gasteiger partial charge < -0.3 is 4.74 Å². The second-order valence-corrected chi connectivity index (χ2v) is 4.53. The number of methoxy groups -OCH3 is 1. The Labute approximate surface area is 89.6 Å². The van der Waals surface area contributed by atoms with Crippen LogP contribution in [0.5, 0.6) is 5.75 Å². The molecule has 4 nitrogen and oxygen atoms in total. The first-order chi connectivity index (χ1) is 7.11. The monoisotopic (exact) mass is 227 g/mol. The molecule has 0 aliphatic carbocycles. The summed E-state index contributed by atoms with van der Waals surface area (Å²) in [5.74, 6) is 0.328. The summed E-state index contributed by atoms with van der Waals surface area (Å²) in [4.78, 5) is 0.134. The summed E-state index contributed by atoms with van der Waals surface area (Å²) in [5.41, 5.74) is 0. The number of ether oxygens (including phenoxy) is 1. The quantitative estimate of drug-likeness (QED) is 0.768. The van der Waals surface area contributed by atoms with E-state index in [-0.39, 0.29) is 11.4 Å². The van der Waals surface area contributed by atoms with E-state index in [4.69, 9.17) is 4.74 Å². The summed E-state index contributed by atoms with van der Waals surface area (Å²) in [7, 11) is -2.08. The van der Waals surface area contributed by atoms with Gasteiger partial charge in [0, 0.05) is 6.54 Å². The minimum absolute atomic E-state index is 0.134. The Kier molecular flexibility index (Phi) is 3.88. The van der Waals surface area contributed by atoms with Crippen LogP contribution in [0.15, 0.2) is 41.8 Å². The topological polar surface area (TPSA) is 55.4 Å². The molecule has 1 rings (SSSR count). The SMILES string of the molecule is C=CCNS(=O)(=O)c1ccccc1OC. The zero-order chi connectivity index (χ0) is 11.3. The minimum atomic E-state index is -3.51. The lowest BCUT2D eigenvalue weighted by Gasteiger charge is -2.08. The Morgan fingerprint density at radius 1 is 1.47 bits per heavy atom. The van der Waals surface area contributed by atoms with Crippen molar-refractivity contribution in [1.82, 2.24) is 4.72 Å². The van der Waals surface area contributed by atoms with Crippen molar-refractivity contribution in [2.75, 3.05) is 13.7 Å². The van der Waals surface area contributed by atoms with Crippen LogP contribution in [-0.4, -0.2) is 22.1 Å². The highest BCUT2D eigenvalue weighted by Gasteiger charge is 2.17. The highest BCUT2D eigenvalue weighted by Crippen LogP contribution is 2.22. The standard InChI is InChI=1S/C10H13NO3S/c1-3-8-11-15(12,13)10-7-5-4-6-9(10)14-2/h3-7,11H,1,8H2,2H3. The molecule has 5 heteroatoms. The van der Waals surface area contributed by atoms with E-state index in [1.165, 1.54) is 19.3 Å². The number of sulfonamides is 1. The molecule has 1 N–H and O–H groups in total. The molecule has 0 saturated heterocycles. The fraction of sp³-hybridized carbons (Fsp3) is 0.200. The Morgan fingerprint density at radius 2 is 2.13 bits per heavy atom. The van der Waals surface area contributed by atoms with Gasteiger partial charge in [-0.3, -0.25) is 0 Å². The molecule has 0 aliphatic rings. The van der Waals surface area contributed by atoms with Crippen molar-refractivity contribution in [3.8, 4) is 5.75 Å². The smallest absolute Gasteiger partial charge is 0.244 e. The molecule has 0 unspecified atom stereocenters. The molecule has 1 aromatic carbocycles. The van der Waals surface area contributed by atoms with E-state index in [9.17, 15) is 8.42 Å². The first kappa shape index (κ1) is 11.7. The van der Waals surface area contributed by atoms with E-state index in [0.29, 0.717) is 5.75 Å². The van der Waals surface area contributed by atoms with Gasteiger partial charge in [0.2, 0.25) is 10.0 Å². The first-order valence-corrected chi connectivity index (χ1v) is 5.83. The van der Waals surface area contributed by atoms with Gasteiger partial charge in [-0.05, 0) is 12.1 Å². The molecular weight excluding hydrogens is 214 g/mol. The van der Waals surface area contributed by atoms with Crippen molar-refractivity contribution in [1.29, 1.82) is 0 Å². The number of hydrogen-bond donors (Lipinski definition) is 1. The Balaban J connectivity index is 3.09. The maximum absolute atomic E-state index is 11.7. The third kappa shape index (κ3) is 2.81. The van der Waals surface area contributed by atoms with E-state index in [2.05, 4.69) is 11.3 Å². The van der Waals surface area contributed by atoms with Crippen LogP contribution >= 0.6 is 0 Å². The van der Waals surface area contributed by atoms with Gasteiger partial charge in [-0.15, -0.1) is 6.58 Å². The van der Waals surface area contributed by atoms with Crippen molar-refractivity contribution in [3.63, 3.8) is 0 Å². The molecule has 0 aliphatic heterocycles. The molecule has 0 fully saturated rings. The Hall–Kier alpha value is -1.33. The third-order valence-electron chi connectivity index (χ3n) is 1.78. The molecule has 15 heavy (non-hydrogen) atoms. The normalized spacial score (nSPS) is 11.0. The Bertz CT molecular complexity index is 440. The van der Waals surface area contributed by atoms with Crippen molar-refractivity contribution in [3.05, 3.63) is 36.9 Å². The molecule has 0 spiro atoms. The fourth-order valence-electron chi connectivity index (χ4n) is 1.09. The summed E-state index contributed by atoms with van der Waals surface area (Å²) in [5, 5.41) is 0. The van der Waals surface area contributed by atoms with Gasteiger partial charge in [0.1, 0.15) is 10.6 Å². The van der Waals surface area contributed by atoms with Crippen molar-refractivity contribution in [2.24, 2.45) is 0 Å². The van der Waals surface area contributed by atoms with Gasteiger partial charge in [0.15, 0.2) is 0 Å². The molecule has 1 aromatic rings. The number of para-hydroxylation sites is 1. The summed E-state index contributed by atoms with van der Waals surface area (Å²) in [6.07, 6.45) is 1.48. The number of nitrogens with one attached hydrogen (secondary N) is 1. The fourth-order valence-corrected chi connectivity index (χ4v) is 2.25. The van der Waals surface area contributed by atoms with Crippen LogP contribution in [0.25, 0.3) is 0 Å². The van der Waals surface area contributed by atoms with Gasteiger partial charge in [-0.2, -0.15) is 0 Å². The van der Waals surface area contributed by atoms with Crippen LogP contribution in [0, 0.1) is 0 Å². The van der Waals surface area contributed by atoms with Crippen LogP contribution < -0.4 is 9.46 Å². The van der Waals surface area contributed by atoms with E-state index < -0.39 is 10.0 Å². The molecule has 0 aromatic heterocycles. The highest BCUT2D eigenvalue weighted by molar-refractivity contribution is 7.89. The van der Waals surface area contributed by atoms with Crippen LogP contribution in [0.3, 0.4) is 0 Å². The van der Waals surface area contributed by atoms with E-state index in [1.54, 1.807) is 18.2 Å². The van der Waals surface area contributed by atoms with Gasteiger partial charge >= 0.3 is 0 Å². The van der Waals surface area contributed by atoms with Crippen LogP contribution in [0.1, 0.15) is 0 Å². The summed E-state index contributed by atoms with van der Waals surface area (Å²) in [6, 6.07) is 6.45. The van der Waals surface area contributed by atoms with Gasteiger partial charge in [0.05, 0.1) is 7.11 Å². The molecular formula is C10H13NO3S. The zero-order valence-electron chi connectivity index (χ0n) is 8.43. The molecule has 0 atom stereocenters. The lowest BCUT2D eigenvalue weighted by Crippen LogP contribution is -2.24. The number of benzene rings is 1. The summed E-state index contributed by atoms with van der Waals surface area (Å²) >= 11 is 0. The van der Waals surface area contributed by atoms with Crippen molar-refractivity contribution >= 4 is 10.0 Å². The zero-order valence-corrected chi connectivity index (χ0v) is 9.25. The van der Waals surface area contributed by atoms with E-state index in [1.807, 2.05) is 0 Å². The van der Waals surface area contributed by atoms with Crippen LogP contribution in [-0.2, 0) is 10.0 Å². The maximum atomic E-state index is 11.7. The molecule has 0 saturated carbocycles. The van der Waals surface area contributed by atoms with E-state index >= 15 is 0 Å². The second-order valence-electron chi connectivity index (χ2n) is 2.79. The minimum Gasteiger partial charge on any atom is -0.495 e. The van der Waals surface area contributed by atoms with Crippen LogP contribution in [0.4, 0.5) is 0 Å². The highest BCUT2D eigenvalue weighted by atomic mass is 32.2. The lowest BCUT2D eigenvalue weighted by molar-refractivity contribution is 0.402. The van der Waals surface area contributed by atoms with Gasteiger partial charge in [-0.25, -0.2) is 13.1 Å². The number of hydrogen-bond acceptors (Lipinski definition) is 3. The maximum Gasteiger partial charge on any atom is 0.244 e.